The van der Waals surface area contributed by atoms with Gasteiger partial charge in [0.2, 0.25) is 0 Å². The van der Waals surface area contributed by atoms with Crippen molar-refractivity contribution in [1.82, 2.24) is 30.5 Å². The summed E-state index contributed by atoms with van der Waals surface area (Å²) in [5.41, 5.74) is 1.36. The van der Waals surface area contributed by atoms with Gasteiger partial charge >= 0.3 is 0 Å². The number of amides is 1. The molecule has 0 fully saturated rings. The van der Waals surface area contributed by atoms with E-state index in [1.165, 1.54) is 0 Å². The zero-order chi connectivity index (χ0) is 22.6. The van der Waals surface area contributed by atoms with Gasteiger partial charge in [-0.05, 0) is 31.2 Å². The molecule has 3 aromatic rings. The van der Waals surface area contributed by atoms with Crippen molar-refractivity contribution in [3.05, 3.63) is 47.7 Å². The maximum atomic E-state index is 12.8. The maximum absolute atomic E-state index is 12.8. The Kier molecular flexibility index (Phi) is 6.43. The Morgan fingerprint density at radius 2 is 1.84 bits per heavy atom. The molecule has 0 saturated carbocycles. The molecule has 0 saturated heterocycles. The van der Waals surface area contributed by atoms with E-state index in [0.717, 1.165) is 5.69 Å². The first-order valence-electron chi connectivity index (χ1n) is 9.70. The number of hydrogen-bond acceptors (Lipinski definition) is 9. The number of aromatic nitrogens is 5. The van der Waals surface area contributed by atoms with Crippen LogP contribution in [-0.2, 0) is 0 Å². The fraction of sp³-hybridized carbons (Fsp3) is 0.222. The summed E-state index contributed by atoms with van der Waals surface area (Å²) in [7, 11) is 7.22. The standard InChI is InChI=1S/C18H23B3N8O2/c1-9-7-13(24-10(2)23-9)26-14-8-11(25-16-12(31-3)5-4-6-22-16)15(29-28-14)17(30)27-18(19,20)21/h4-8H,19-21H2,1-3H3,(H,27,30)(H2,22,23,24,25,26,28). The second-order valence-corrected chi connectivity index (χ2v) is 7.94. The summed E-state index contributed by atoms with van der Waals surface area (Å²) >= 11 is 0. The number of aryl methyl sites for hydroxylation is 2. The van der Waals surface area contributed by atoms with Crippen molar-refractivity contribution in [3.63, 3.8) is 0 Å². The van der Waals surface area contributed by atoms with Crippen LogP contribution < -0.4 is 20.7 Å². The van der Waals surface area contributed by atoms with Crippen molar-refractivity contribution < 1.29 is 9.53 Å². The fourth-order valence-electron chi connectivity index (χ4n) is 2.80. The van der Waals surface area contributed by atoms with E-state index in [4.69, 9.17) is 4.74 Å². The topological polar surface area (TPSA) is 127 Å². The number of carbonyl (C=O) groups excluding carboxylic acids is 1. The van der Waals surface area contributed by atoms with Gasteiger partial charge in [0, 0.05) is 24.0 Å². The summed E-state index contributed by atoms with van der Waals surface area (Å²) in [6, 6.07) is 6.99. The molecule has 0 aliphatic carbocycles. The summed E-state index contributed by atoms with van der Waals surface area (Å²) in [6.45, 7) is 3.69. The summed E-state index contributed by atoms with van der Waals surface area (Å²) in [5.74, 6) is 2.22. The Morgan fingerprint density at radius 1 is 1.06 bits per heavy atom. The zero-order valence-corrected chi connectivity index (χ0v) is 18.4. The summed E-state index contributed by atoms with van der Waals surface area (Å²) in [5, 5.41) is 17.0. The van der Waals surface area contributed by atoms with Crippen LogP contribution in [0, 0.1) is 13.8 Å². The summed E-state index contributed by atoms with van der Waals surface area (Å²) < 4.78 is 5.36. The average Bonchev–Trinajstić information content (AvgIpc) is 2.66. The predicted octanol–water partition coefficient (Wildman–Crippen LogP) is -0.985. The van der Waals surface area contributed by atoms with Crippen molar-refractivity contribution in [2.24, 2.45) is 0 Å². The predicted molar refractivity (Wildman–Crippen MR) is 127 cm³/mol. The zero-order valence-electron chi connectivity index (χ0n) is 18.4. The number of methoxy groups -OCH3 is 1. The van der Waals surface area contributed by atoms with Crippen LogP contribution in [-0.4, -0.2) is 66.9 Å². The second kappa shape index (κ2) is 9.03. The minimum atomic E-state index is -0.439. The molecule has 0 bridgehead atoms. The van der Waals surface area contributed by atoms with Crippen LogP contribution in [0.1, 0.15) is 22.0 Å². The molecular formula is C18H23B3N8O2. The van der Waals surface area contributed by atoms with Gasteiger partial charge in [0.1, 0.15) is 35.2 Å². The van der Waals surface area contributed by atoms with Crippen LogP contribution in [0.4, 0.5) is 23.1 Å². The monoisotopic (exact) mass is 416 g/mol. The molecule has 0 unspecified atom stereocenters. The van der Waals surface area contributed by atoms with E-state index in [0.29, 0.717) is 34.7 Å². The lowest BCUT2D eigenvalue weighted by Crippen LogP contribution is -2.50. The number of nitrogens with zero attached hydrogens (tertiary/aromatic N) is 5. The molecule has 0 aromatic carbocycles. The molecule has 31 heavy (non-hydrogen) atoms. The van der Waals surface area contributed by atoms with Crippen LogP contribution in [0.3, 0.4) is 0 Å². The van der Waals surface area contributed by atoms with E-state index in [-0.39, 0.29) is 11.6 Å². The highest BCUT2D eigenvalue weighted by atomic mass is 16.5. The van der Waals surface area contributed by atoms with Gasteiger partial charge in [-0.2, -0.15) is 0 Å². The molecule has 0 aliphatic heterocycles. The number of nitrogens with one attached hydrogen (secondary N) is 3. The van der Waals surface area contributed by atoms with E-state index in [2.05, 4.69) is 41.1 Å². The third-order valence-corrected chi connectivity index (χ3v) is 3.96. The molecule has 1 amide bonds. The van der Waals surface area contributed by atoms with Crippen molar-refractivity contribution >= 4 is 52.6 Å². The Labute approximate surface area is 183 Å². The largest absolute Gasteiger partial charge is 0.493 e. The van der Waals surface area contributed by atoms with Gasteiger partial charge in [-0.25, -0.2) is 15.0 Å². The molecule has 0 atom stereocenters. The van der Waals surface area contributed by atoms with Gasteiger partial charge < -0.3 is 20.7 Å². The van der Waals surface area contributed by atoms with Crippen molar-refractivity contribution in [2.75, 3.05) is 17.7 Å². The van der Waals surface area contributed by atoms with E-state index < -0.39 is 5.24 Å². The molecule has 0 aliphatic rings. The lowest BCUT2D eigenvalue weighted by atomic mass is 9.49. The Bertz CT molecular complexity index is 1090. The second-order valence-electron chi connectivity index (χ2n) is 7.94. The van der Waals surface area contributed by atoms with Crippen LogP contribution >= 0.6 is 0 Å². The van der Waals surface area contributed by atoms with E-state index >= 15 is 0 Å². The van der Waals surface area contributed by atoms with Gasteiger partial charge in [0.15, 0.2) is 23.1 Å². The molecule has 3 heterocycles. The van der Waals surface area contributed by atoms with Gasteiger partial charge in [-0.15, -0.1) is 10.2 Å². The average molecular weight is 416 g/mol. The van der Waals surface area contributed by atoms with Crippen molar-refractivity contribution in [3.8, 4) is 5.75 Å². The number of ether oxygens (including phenoxy) is 1. The Hall–Kier alpha value is -3.63. The molecule has 0 radical (unpaired) electrons. The van der Waals surface area contributed by atoms with Crippen LogP contribution in [0.15, 0.2) is 30.5 Å². The van der Waals surface area contributed by atoms with Crippen molar-refractivity contribution in [2.45, 2.75) is 19.1 Å². The third kappa shape index (κ3) is 5.94. The number of pyridine rings is 1. The number of carbonyl (C=O) groups is 1. The fourth-order valence-corrected chi connectivity index (χ4v) is 2.80. The maximum Gasteiger partial charge on any atom is 0.272 e. The van der Waals surface area contributed by atoms with Crippen molar-refractivity contribution in [1.29, 1.82) is 0 Å². The van der Waals surface area contributed by atoms with E-state index in [1.807, 2.05) is 37.4 Å². The van der Waals surface area contributed by atoms with Crippen LogP contribution in [0.5, 0.6) is 5.75 Å². The lowest BCUT2D eigenvalue weighted by molar-refractivity contribution is 0.0947. The highest BCUT2D eigenvalue weighted by Gasteiger charge is 2.22. The van der Waals surface area contributed by atoms with Crippen LogP contribution in [0.25, 0.3) is 0 Å². The van der Waals surface area contributed by atoms with Crippen LogP contribution in [0.2, 0.25) is 0 Å². The number of hydrogen-bond donors (Lipinski definition) is 3. The third-order valence-electron chi connectivity index (χ3n) is 3.96. The molecule has 3 aromatic heterocycles. The van der Waals surface area contributed by atoms with Gasteiger partial charge in [-0.1, -0.05) is 0 Å². The first kappa shape index (κ1) is 22.1. The molecule has 0 spiro atoms. The minimum absolute atomic E-state index is 0.128. The summed E-state index contributed by atoms with van der Waals surface area (Å²) in [6.07, 6.45) is 1.62. The van der Waals surface area contributed by atoms with E-state index in [9.17, 15) is 4.79 Å². The smallest absolute Gasteiger partial charge is 0.272 e. The lowest BCUT2D eigenvalue weighted by Gasteiger charge is -2.21. The highest BCUT2D eigenvalue weighted by molar-refractivity contribution is 6.60. The highest BCUT2D eigenvalue weighted by Crippen LogP contribution is 2.27. The van der Waals surface area contributed by atoms with E-state index in [1.54, 1.807) is 37.6 Å². The first-order valence-corrected chi connectivity index (χ1v) is 9.70. The molecule has 156 valence electrons. The Balaban J connectivity index is 2.00. The van der Waals surface area contributed by atoms with Gasteiger partial charge in [0.05, 0.1) is 12.8 Å². The number of anilines is 4. The summed E-state index contributed by atoms with van der Waals surface area (Å²) in [4.78, 5) is 25.8. The molecule has 10 nitrogen and oxygen atoms in total. The molecular weight excluding hydrogens is 393 g/mol. The number of rotatable bonds is 7. The molecule has 13 heteroatoms. The SMILES string of the molecule is BC(B)(B)NC(=O)c1nnc(Nc2cc(C)nc(C)n2)cc1Nc1ncccc1OC. The molecule has 3 rings (SSSR count). The normalized spacial score (nSPS) is 10.9. The Morgan fingerprint density at radius 3 is 2.52 bits per heavy atom. The quantitative estimate of drug-likeness (QED) is 0.417. The van der Waals surface area contributed by atoms with Gasteiger partial charge in [-0.3, -0.25) is 4.79 Å². The first-order chi connectivity index (χ1) is 14.6. The van der Waals surface area contributed by atoms with Gasteiger partial charge in [0.25, 0.3) is 5.91 Å². The minimum Gasteiger partial charge on any atom is -0.493 e. The molecule has 3 N–H and O–H groups in total.